The van der Waals surface area contributed by atoms with Crippen LogP contribution in [-0.2, 0) is 6.54 Å². The Balaban J connectivity index is 2.41. The quantitative estimate of drug-likeness (QED) is 0.670. The van der Waals surface area contributed by atoms with Crippen molar-refractivity contribution in [2.75, 3.05) is 0 Å². The van der Waals surface area contributed by atoms with Crippen molar-refractivity contribution in [3.8, 4) is 0 Å². The molecule has 0 bridgehead atoms. The molecular weight excluding hydrogens is 316 g/mol. The molecule has 0 amide bonds. The molecule has 18 heavy (non-hydrogen) atoms. The lowest BCUT2D eigenvalue weighted by Crippen LogP contribution is -2.28. The first kappa shape index (κ1) is 13.5. The van der Waals surface area contributed by atoms with Gasteiger partial charge in [0.2, 0.25) is 0 Å². The van der Waals surface area contributed by atoms with Gasteiger partial charge in [-0.2, -0.15) is 5.10 Å². The third kappa shape index (κ3) is 2.75. The standard InChI is InChI=1S/C12H14BrClN4/c1-2-18-7-8(6-16-18)12(17-15)10-5-9(13)3-4-11(10)14/h3-7,12,17H,2,15H2,1H3. The van der Waals surface area contributed by atoms with E-state index >= 15 is 0 Å². The highest BCUT2D eigenvalue weighted by Crippen LogP contribution is 2.30. The molecule has 0 aliphatic carbocycles. The second kappa shape index (κ2) is 5.84. The maximum atomic E-state index is 6.22. The molecule has 0 spiro atoms. The molecule has 2 rings (SSSR count). The number of hydrogen-bond donors (Lipinski definition) is 2. The molecule has 0 saturated heterocycles. The molecule has 6 heteroatoms. The Morgan fingerprint density at radius 3 is 2.94 bits per heavy atom. The first-order valence-electron chi connectivity index (χ1n) is 5.59. The van der Waals surface area contributed by atoms with Gasteiger partial charge in [-0.15, -0.1) is 0 Å². The molecule has 0 aliphatic rings. The third-order valence-corrected chi connectivity index (χ3v) is 3.58. The number of halogens is 2. The van der Waals surface area contributed by atoms with Gasteiger partial charge in [0.1, 0.15) is 0 Å². The lowest BCUT2D eigenvalue weighted by molar-refractivity contribution is 0.630. The fraction of sp³-hybridized carbons (Fsp3) is 0.250. The number of aromatic nitrogens is 2. The van der Waals surface area contributed by atoms with Gasteiger partial charge in [-0.1, -0.05) is 27.5 Å². The van der Waals surface area contributed by atoms with Gasteiger partial charge in [-0.25, -0.2) is 5.43 Å². The maximum absolute atomic E-state index is 6.22. The average Bonchev–Trinajstić information content (AvgIpc) is 2.83. The summed E-state index contributed by atoms with van der Waals surface area (Å²) in [6, 6.07) is 5.52. The predicted octanol–water partition coefficient (Wildman–Crippen LogP) is 2.87. The molecule has 4 nitrogen and oxygen atoms in total. The summed E-state index contributed by atoms with van der Waals surface area (Å²) in [7, 11) is 0. The molecule has 2 aromatic rings. The monoisotopic (exact) mass is 328 g/mol. The second-order valence-electron chi connectivity index (χ2n) is 3.89. The highest BCUT2D eigenvalue weighted by Gasteiger charge is 2.17. The SMILES string of the molecule is CCn1cc(C(NN)c2cc(Br)ccc2Cl)cn1. The third-order valence-electron chi connectivity index (χ3n) is 2.75. The minimum absolute atomic E-state index is 0.171. The van der Waals surface area contributed by atoms with Crippen molar-refractivity contribution >= 4 is 27.5 Å². The molecule has 1 aromatic carbocycles. The van der Waals surface area contributed by atoms with E-state index in [1.807, 2.05) is 36.0 Å². The number of aryl methyl sites for hydroxylation is 1. The number of nitrogens with two attached hydrogens (primary N) is 1. The highest BCUT2D eigenvalue weighted by atomic mass is 79.9. The number of rotatable bonds is 4. The van der Waals surface area contributed by atoms with E-state index in [1.165, 1.54) is 0 Å². The smallest absolute Gasteiger partial charge is 0.0755 e. The van der Waals surface area contributed by atoms with Crippen LogP contribution in [0.15, 0.2) is 35.1 Å². The van der Waals surface area contributed by atoms with Gasteiger partial charge in [-0.3, -0.25) is 10.5 Å². The molecule has 0 radical (unpaired) electrons. The fourth-order valence-corrected chi connectivity index (χ4v) is 2.41. The van der Waals surface area contributed by atoms with Crippen LogP contribution in [0, 0.1) is 0 Å². The molecule has 0 fully saturated rings. The zero-order chi connectivity index (χ0) is 13.1. The van der Waals surface area contributed by atoms with Crippen molar-refractivity contribution in [3.05, 3.63) is 51.2 Å². The van der Waals surface area contributed by atoms with Crippen molar-refractivity contribution in [2.45, 2.75) is 19.5 Å². The van der Waals surface area contributed by atoms with Crippen molar-refractivity contribution in [1.82, 2.24) is 15.2 Å². The lowest BCUT2D eigenvalue weighted by Gasteiger charge is -2.16. The van der Waals surface area contributed by atoms with Crippen LogP contribution in [0.2, 0.25) is 5.02 Å². The van der Waals surface area contributed by atoms with E-state index in [0.29, 0.717) is 5.02 Å². The van der Waals surface area contributed by atoms with Gasteiger partial charge in [0.05, 0.1) is 12.2 Å². The van der Waals surface area contributed by atoms with Gasteiger partial charge >= 0.3 is 0 Å². The number of nitrogens with one attached hydrogen (secondary N) is 1. The molecular formula is C12H14BrClN4. The summed E-state index contributed by atoms with van der Waals surface area (Å²) in [5, 5.41) is 4.92. The van der Waals surface area contributed by atoms with E-state index in [2.05, 4.69) is 26.5 Å². The predicted molar refractivity (Wildman–Crippen MR) is 76.2 cm³/mol. The average molecular weight is 330 g/mol. The summed E-state index contributed by atoms with van der Waals surface area (Å²) in [5.74, 6) is 5.65. The van der Waals surface area contributed by atoms with E-state index in [0.717, 1.165) is 22.1 Å². The maximum Gasteiger partial charge on any atom is 0.0755 e. The molecule has 1 atom stereocenters. The zero-order valence-corrected chi connectivity index (χ0v) is 12.2. The van der Waals surface area contributed by atoms with E-state index in [9.17, 15) is 0 Å². The van der Waals surface area contributed by atoms with Gasteiger partial charge < -0.3 is 0 Å². The molecule has 1 aromatic heterocycles. The molecule has 0 aliphatic heterocycles. The first-order valence-corrected chi connectivity index (χ1v) is 6.76. The number of benzene rings is 1. The Bertz CT molecular complexity index is 541. The summed E-state index contributed by atoms with van der Waals surface area (Å²) in [4.78, 5) is 0. The Kier molecular flexibility index (Phi) is 4.40. The molecule has 0 saturated carbocycles. The highest BCUT2D eigenvalue weighted by molar-refractivity contribution is 9.10. The van der Waals surface area contributed by atoms with Crippen LogP contribution in [-0.4, -0.2) is 9.78 Å². The first-order chi connectivity index (χ1) is 8.65. The van der Waals surface area contributed by atoms with E-state index in [4.69, 9.17) is 17.4 Å². The summed E-state index contributed by atoms with van der Waals surface area (Å²) in [6.45, 7) is 2.86. The topological polar surface area (TPSA) is 55.9 Å². The van der Waals surface area contributed by atoms with Crippen molar-refractivity contribution in [2.24, 2.45) is 5.84 Å². The Labute approximate surface area is 119 Å². The Hall–Kier alpha value is -0.880. The van der Waals surface area contributed by atoms with Crippen molar-refractivity contribution in [1.29, 1.82) is 0 Å². The van der Waals surface area contributed by atoms with Crippen LogP contribution in [0.3, 0.4) is 0 Å². The van der Waals surface area contributed by atoms with Crippen LogP contribution >= 0.6 is 27.5 Å². The van der Waals surface area contributed by atoms with E-state index < -0.39 is 0 Å². The fourth-order valence-electron chi connectivity index (χ4n) is 1.80. The zero-order valence-electron chi connectivity index (χ0n) is 9.90. The molecule has 1 unspecified atom stereocenters. The summed E-state index contributed by atoms with van der Waals surface area (Å²) >= 11 is 9.65. The second-order valence-corrected chi connectivity index (χ2v) is 5.22. The van der Waals surface area contributed by atoms with Crippen LogP contribution in [0.5, 0.6) is 0 Å². The summed E-state index contributed by atoms with van der Waals surface area (Å²) < 4.78 is 2.82. The minimum Gasteiger partial charge on any atom is -0.273 e. The van der Waals surface area contributed by atoms with Crippen LogP contribution in [0.1, 0.15) is 24.1 Å². The van der Waals surface area contributed by atoms with Crippen LogP contribution in [0.4, 0.5) is 0 Å². The number of hydrogen-bond acceptors (Lipinski definition) is 3. The number of nitrogens with zero attached hydrogens (tertiary/aromatic N) is 2. The van der Waals surface area contributed by atoms with Crippen LogP contribution < -0.4 is 11.3 Å². The van der Waals surface area contributed by atoms with E-state index in [1.54, 1.807) is 6.20 Å². The van der Waals surface area contributed by atoms with Crippen LogP contribution in [0.25, 0.3) is 0 Å². The largest absolute Gasteiger partial charge is 0.273 e. The van der Waals surface area contributed by atoms with E-state index in [-0.39, 0.29) is 6.04 Å². The molecule has 3 N–H and O–H groups in total. The number of hydrazine groups is 1. The van der Waals surface area contributed by atoms with Crippen molar-refractivity contribution in [3.63, 3.8) is 0 Å². The minimum atomic E-state index is -0.171. The van der Waals surface area contributed by atoms with Gasteiger partial charge in [-0.05, 0) is 30.7 Å². The lowest BCUT2D eigenvalue weighted by atomic mass is 10.0. The summed E-state index contributed by atoms with van der Waals surface area (Å²) in [6.07, 6.45) is 3.76. The van der Waals surface area contributed by atoms with Gasteiger partial charge in [0, 0.05) is 27.8 Å². The van der Waals surface area contributed by atoms with Gasteiger partial charge in [0.15, 0.2) is 0 Å². The summed E-state index contributed by atoms with van der Waals surface area (Å²) in [5.41, 5.74) is 4.69. The molecule has 96 valence electrons. The Morgan fingerprint density at radius 2 is 2.33 bits per heavy atom. The Morgan fingerprint density at radius 1 is 1.56 bits per heavy atom. The van der Waals surface area contributed by atoms with Gasteiger partial charge in [0.25, 0.3) is 0 Å². The molecule has 1 heterocycles. The normalized spacial score (nSPS) is 12.7. The van der Waals surface area contributed by atoms with Crippen molar-refractivity contribution < 1.29 is 0 Å².